The molecule has 2 rings (SSSR count). The van der Waals surface area contributed by atoms with Crippen molar-refractivity contribution in [1.29, 1.82) is 0 Å². The van der Waals surface area contributed by atoms with E-state index in [0.717, 1.165) is 29.9 Å². The zero-order valence-electron chi connectivity index (χ0n) is 14.9. The van der Waals surface area contributed by atoms with E-state index >= 15 is 0 Å². The average molecular weight is 442 g/mol. The monoisotopic (exact) mass is 441 g/mol. The van der Waals surface area contributed by atoms with E-state index in [0.29, 0.717) is 13.0 Å². The van der Waals surface area contributed by atoms with Crippen molar-refractivity contribution in [1.82, 2.24) is 9.88 Å². The van der Waals surface area contributed by atoms with Crippen LogP contribution >= 0.6 is 11.6 Å². The van der Waals surface area contributed by atoms with Crippen LogP contribution in [0.2, 0.25) is 5.02 Å². The zero-order chi connectivity index (χ0) is 22.1. The minimum Gasteiger partial charge on any atom is -0.348 e. The smallest absolute Gasteiger partial charge is 0.348 e. The van der Waals surface area contributed by atoms with Gasteiger partial charge in [0.05, 0.1) is 16.3 Å². The van der Waals surface area contributed by atoms with Crippen molar-refractivity contribution in [3.8, 4) is 0 Å². The van der Waals surface area contributed by atoms with Crippen LogP contribution in [0.1, 0.15) is 23.0 Å². The van der Waals surface area contributed by atoms with Gasteiger partial charge < -0.3 is 15.2 Å². The molecule has 0 saturated heterocycles. The molecule has 0 saturated carbocycles. The maximum absolute atomic E-state index is 14.4. The summed E-state index contributed by atoms with van der Waals surface area (Å²) in [5, 5.41) is 3.22. The summed E-state index contributed by atoms with van der Waals surface area (Å²) in [6.45, 7) is 0.520. The van der Waals surface area contributed by atoms with Gasteiger partial charge in [0.15, 0.2) is 0 Å². The second-order valence-corrected chi connectivity index (χ2v) is 6.53. The highest BCUT2D eigenvalue weighted by molar-refractivity contribution is 6.31. The van der Waals surface area contributed by atoms with Gasteiger partial charge in [-0.05, 0) is 31.2 Å². The van der Waals surface area contributed by atoms with Crippen molar-refractivity contribution < 1.29 is 35.9 Å². The Morgan fingerprint density at radius 2 is 1.76 bits per heavy atom. The van der Waals surface area contributed by atoms with Crippen LogP contribution in [0.25, 0.3) is 0 Å². The standard InChI is InChI=1S/C17H14ClF6N3O2/c1-8(17(22,23)24)25-15(29)16(20,21)13-5-9(7-27(13)2)14(28)26-10-3-4-12(19)11(18)6-10/h3-8H,1-2H3,(H,25,29)(H,26,28)/t8-/m0/s1. The van der Waals surface area contributed by atoms with Gasteiger partial charge in [0, 0.05) is 18.9 Å². The number of anilines is 1. The molecule has 1 atom stereocenters. The van der Waals surface area contributed by atoms with E-state index in [-0.39, 0.29) is 16.3 Å². The van der Waals surface area contributed by atoms with Crippen LogP contribution in [0.4, 0.5) is 32.0 Å². The van der Waals surface area contributed by atoms with Crippen LogP contribution < -0.4 is 10.6 Å². The fraction of sp³-hybridized carbons (Fsp3) is 0.294. The first-order valence-electron chi connectivity index (χ1n) is 7.92. The topological polar surface area (TPSA) is 63.1 Å². The lowest BCUT2D eigenvalue weighted by molar-refractivity contribution is -0.169. The number of rotatable bonds is 5. The maximum atomic E-state index is 14.4. The van der Waals surface area contributed by atoms with Gasteiger partial charge in [-0.15, -0.1) is 0 Å². The highest BCUT2D eigenvalue weighted by Gasteiger charge is 2.47. The number of nitrogens with one attached hydrogen (secondary N) is 2. The molecule has 2 N–H and O–H groups in total. The van der Waals surface area contributed by atoms with E-state index in [1.807, 2.05) is 0 Å². The number of amides is 2. The van der Waals surface area contributed by atoms with E-state index in [4.69, 9.17) is 11.6 Å². The van der Waals surface area contributed by atoms with Gasteiger partial charge in [-0.3, -0.25) is 9.59 Å². The number of aromatic nitrogens is 1. The molecule has 0 spiro atoms. The van der Waals surface area contributed by atoms with E-state index in [9.17, 15) is 35.9 Å². The molecule has 2 amide bonds. The number of carbonyl (C=O) groups excluding carboxylic acids is 2. The van der Waals surface area contributed by atoms with Crippen LogP contribution in [0.3, 0.4) is 0 Å². The van der Waals surface area contributed by atoms with Crippen molar-refractivity contribution in [3.05, 3.63) is 52.6 Å². The van der Waals surface area contributed by atoms with Crippen molar-refractivity contribution in [2.75, 3.05) is 5.32 Å². The number of carbonyl (C=O) groups is 2. The highest BCUT2D eigenvalue weighted by Crippen LogP contribution is 2.31. The molecule has 1 aromatic heterocycles. The minimum atomic E-state index is -4.90. The third-order valence-corrected chi connectivity index (χ3v) is 4.18. The number of hydrogen-bond acceptors (Lipinski definition) is 2. The Bertz CT molecular complexity index is 942. The molecule has 2 aromatic rings. The molecule has 1 aromatic carbocycles. The Morgan fingerprint density at radius 1 is 1.14 bits per heavy atom. The molecule has 0 aliphatic carbocycles. The molecule has 0 aliphatic rings. The Morgan fingerprint density at radius 3 is 2.31 bits per heavy atom. The van der Waals surface area contributed by atoms with Crippen molar-refractivity contribution in [2.45, 2.75) is 25.1 Å². The summed E-state index contributed by atoms with van der Waals surface area (Å²) in [6, 6.07) is 1.43. The van der Waals surface area contributed by atoms with Crippen LogP contribution in [0, 0.1) is 5.82 Å². The van der Waals surface area contributed by atoms with Gasteiger partial charge in [-0.2, -0.15) is 22.0 Å². The second-order valence-electron chi connectivity index (χ2n) is 6.12. The summed E-state index contributed by atoms with van der Waals surface area (Å²) in [5.74, 6) is -8.12. The van der Waals surface area contributed by atoms with E-state index < -0.39 is 41.5 Å². The molecule has 1 heterocycles. The molecule has 0 fully saturated rings. The quantitative estimate of drug-likeness (QED) is 0.682. The summed E-state index contributed by atoms with van der Waals surface area (Å²) in [7, 11) is 1.09. The van der Waals surface area contributed by atoms with Crippen LogP contribution in [-0.4, -0.2) is 28.6 Å². The Kier molecular flexibility index (Phi) is 6.21. The van der Waals surface area contributed by atoms with Gasteiger partial charge in [0.25, 0.3) is 11.8 Å². The lowest BCUT2D eigenvalue weighted by Crippen LogP contribution is -2.49. The van der Waals surface area contributed by atoms with Gasteiger partial charge in [-0.1, -0.05) is 11.6 Å². The van der Waals surface area contributed by atoms with Crippen LogP contribution in [-0.2, 0) is 17.8 Å². The van der Waals surface area contributed by atoms with Gasteiger partial charge >= 0.3 is 12.1 Å². The Hall–Kier alpha value is -2.69. The maximum Gasteiger partial charge on any atom is 0.408 e. The third kappa shape index (κ3) is 5.03. The molecule has 5 nitrogen and oxygen atoms in total. The van der Waals surface area contributed by atoms with Gasteiger partial charge in [-0.25, -0.2) is 4.39 Å². The van der Waals surface area contributed by atoms with Crippen LogP contribution in [0.15, 0.2) is 30.5 Å². The zero-order valence-corrected chi connectivity index (χ0v) is 15.6. The lowest BCUT2D eigenvalue weighted by Gasteiger charge is -2.21. The summed E-state index contributed by atoms with van der Waals surface area (Å²) in [6.07, 6.45) is -3.94. The summed E-state index contributed by atoms with van der Waals surface area (Å²) < 4.78 is 80.1. The normalized spacial score (nSPS) is 13.1. The molecule has 0 aliphatic heterocycles. The third-order valence-electron chi connectivity index (χ3n) is 3.89. The molecule has 0 bridgehead atoms. The largest absolute Gasteiger partial charge is 0.408 e. The summed E-state index contributed by atoms with van der Waals surface area (Å²) in [5.41, 5.74) is -1.22. The van der Waals surface area contributed by atoms with Crippen molar-refractivity contribution in [2.24, 2.45) is 7.05 Å². The van der Waals surface area contributed by atoms with Gasteiger partial charge in [0.1, 0.15) is 11.9 Å². The predicted molar refractivity (Wildman–Crippen MR) is 92.3 cm³/mol. The lowest BCUT2D eigenvalue weighted by atomic mass is 10.1. The van der Waals surface area contributed by atoms with Crippen LogP contribution in [0.5, 0.6) is 0 Å². The van der Waals surface area contributed by atoms with E-state index in [1.165, 1.54) is 11.4 Å². The molecular formula is C17H14ClF6N3O2. The molecule has 0 radical (unpaired) electrons. The average Bonchev–Trinajstić information content (AvgIpc) is 3.00. The number of aryl methyl sites for hydroxylation is 1. The number of alkyl halides is 5. The Labute approximate surface area is 165 Å². The molecular weight excluding hydrogens is 428 g/mol. The molecule has 12 heteroatoms. The first kappa shape index (κ1) is 22.6. The SMILES string of the molecule is C[C@H](NC(=O)C(F)(F)c1cc(C(=O)Nc2ccc(F)c(Cl)c2)cn1C)C(F)(F)F. The fourth-order valence-corrected chi connectivity index (χ4v) is 2.44. The van der Waals surface area contributed by atoms with E-state index in [1.54, 1.807) is 0 Å². The number of hydrogen-bond donors (Lipinski definition) is 2. The summed E-state index contributed by atoms with van der Waals surface area (Å²) >= 11 is 5.59. The second kappa shape index (κ2) is 7.97. The van der Waals surface area contributed by atoms with Crippen molar-refractivity contribution in [3.63, 3.8) is 0 Å². The first-order valence-corrected chi connectivity index (χ1v) is 8.30. The molecule has 158 valence electrons. The highest BCUT2D eigenvalue weighted by atomic mass is 35.5. The van der Waals surface area contributed by atoms with E-state index in [2.05, 4.69) is 5.32 Å². The number of benzene rings is 1. The Balaban J connectivity index is 2.22. The predicted octanol–water partition coefficient (Wildman–Crippen LogP) is 4.23. The molecule has 0 unspecified atom stereocenters. The minimum absolute atomic E-state index is 0.0790. The number of nitrogens with zero attached hydrogens (tertiary/aromatic N) is 1. The van der Waals surface area contributed by atoms with Gasteiger partial charge in [0.2, 0.25) is 0 Å². The summed E-state index contributed by atoms with van der Waals surface area (Å²) in [4.78, 5) is 23.9. The molecule has 29 heavy (non-hydrogen) atoms. The first-order chi connectivity index (χ1) is 13.2. The number of halogens is 7. The fourth-order valence-electron chi connectivity index (χ4n) is 2.26. The van der Waals surface area contributed by atoms with Crippen molar-refractivity contribution >= 4 is 29.1 Å².